The van der Waals surface area contributed by atoms with Gasteiger partial charge in [0.05, 0.1) is 4.91 Å². The fourth-order valence-corrected chi connectivity index (χ4v) is 2.56. The molecule has 2 rings (SSSR count). The van der Waals surface area contributed by atoms with E-state index in [1.807, 2.05) is 43.3 Å². The lowest BCUT2D eigenvalue weighted by Gasteiger charge is -1.97. The largest absolute Gasteiger partial charge is 0.307 e. The second-order valence-electron chi connectivity index (χ2n) is 3.65. The Morgan fingerprint density at radius 2 is 2.06 bits per heavy atom. The van der Waals surface area contributed by atoms with E-state index >= 15 is 0 Å². The van der Waals surface area contributed by atoms with Crippen LogP contribution in [-0.2, 0) is 0 Å². The van der Waals surface area contributed by atoms with Gasteiger partial charge in [0.25, 0.3) is 5.24 Å². The van der Waals surface area contributed by atoms with E-state index < -0.39 is 0 Å². The maximum Gasteiger partial charge on any atom is 0.289 e. The quantitative estimate of drug-likeness (QED) is 0.649. The molecule has 0 radical (unpaired) electrons. The SMILES string of the molecule is CC(=Cc1ccccc1)C=C1SC(=O)NC1=S. The maximum atomic E-state index is 11.1. The highest BCUT2D eigenvalue weighted by Gasteiger charge is 2.21. The summed E-state index contributed by atoms with van der Waals surface area (Å²) in [6.07, 6.45) is 3.98. The molecule has 0 atom stereocenters. The number of rotatable bonds is 2. The van der Waals surface area contributed by atoms with Crippen molar-refractivity contribution in [1.82, 2.24) is 5.32 Å². The lowest BCUT2D eigenvalue weighted by atomic mass is 10.1. The highest BCUT2D eigenvalue weighted by molar-refractivity contribution is 8.19. The zero-order valence-electron chi connectivity index (χ0n) is 9.27. The summed E-state index contributed by atoms with van der Waals surface area (Å²) >= 11 is 6.19. The Hall–Kier alpha value is -1.39. The van der Waals surface area contributed by atoms with Crippen molar-refractivity contribution in [1.29, 1.82) is 0 Å². The third-order valence-electron chi connectivity index (χ3n) is 2.19. The summed E-state index contributed by atoms with van der Waals surface area (Å²) in [5.41, 5.74) is 2.20. The van der Waals surface area contributed by atoms with Gasteiger partial charge in [-0.25, -0.2) is 0 Å². The van der Waals surface area contributed by atoms with Crippen molar-refractivity contribution < 1.29 is 4.79 Å². The van der Waals surface area contributed by atoms with E-state index in [9.17, 15) is 4.79 Å². The molecule has 1 amide bonds. The molecule has 1 aromatic carbocycles. The van der Waals surface area contributed by atoms with E-state index in [4.69, 9.17) is 12.2 Å². The molecule has 2 nitrogen and oxygen atoms in total. The number of allylic oxidation sites excluding steroid dienone is 2. The Balaban J connectivity index is 2.19. The van der Waals surface area contributed by atoms with Crippen LogP contribution >= 0.6 is 24.0 Å². The smallest absolute Gasteiger partial charge is 0.289 e. The molecular weight excluding hydrogens is 250 g/mol. The molecule has 1 saturated heterocycles. The van der Waals surface area contributed by atoms with E-state index in [-0.39, 0.29) is 5.24 Å². The van der Waals surface area contributed by atoms with Crippen LogP contribution in [0.2, 0.25) is 0 Å². The van der Waals surface area contributed by atoms with Gasteiger partial charge < -0.3 is 5.32 Å². The molecule has 86 valence electrons. The molecular formula is C13H11NOS2. The summed E-state index contributed by atoms with van der Waals surface area (Å²) in [6.45, 7) is 1.99. The summed E-state index contributed by atoms with van der Waals surface area (Å²) in [4.78, 5) is 12.4. The Morgan fingerprint density at radius 3 is 2.65 bits per heavy atom. The first-order valence-electron chi connectivity index (χ1n) is 5.13. The van der Waals surface area contributed by atoms with Gasteiger partial charge in [0, 0.05) is 0 Å². The number of benzene rings is 1. The summed E-state index contributed by atoms with van der Waals surface area (Å²) in [5, 5.41) is 2.49. The Kier molecular flexibility index (Phi) is 3.76. The van der Waals surface area contributed by atoms with Gasteiger partial charge in [0.15, 0.2) is 0 Å². The van der Waals surface area contributed by atoms with Crippen LogP contribution in [0.3, 0.4) is 0 Å². The first kappa shape index (κ1) is 12.1. The fourth-order valence-electron chi connectivity index (χ4n) is 1.48. The standard InChI is InChI=1S/C13H11NOS2/c1-9(7-10-5-3-2-4-6-10)8-11-12(16)14-13(15)17-11/h2-8H,1H3,(H,14,15,16). The van der Waals surface area contributed by atoms with Gasteiger partial charge >= 0.3 is 0 Å². The minimum Gasteiger partial charge on any atom is -0.307 e. The molecule has 0 spiro atoms. The molecule has 1 aliphatic heterocycles. The number of carbonyl (C=O) groups excluding carboxylic acids is 1. The van der Waals surface area contributed by atoms with Crippen molar-refractivity contribution >= 4 is 40.3 Å². The van der Waals surface area contributed by atoms with Gasteiger partial charge in [-0.2, -0.15) is 0 Å². The molecule has 1 aliphatic rings. The molecule has 1 N–H and O–H groups in total. The zero-order valence-corrected chi connectivity index (χ0v) is 10.9. The van der Waals surface area contributed by atoms with Gasteiger partial charge in [-0.05, 0) is 35.9 Å². The highest BCUT2D eigenvalue weighted by atomic mass is 32.2. The van der Waals surface area contributed by atoms with Gasteiger partial charge in [-0.3, -0.25) is 4.79 Å². The molecule has 1 aromatic rings. The fraction of sp³-hybridized carbons (Fsp3) is 0.0769. The molecule has 4 heteroatoms. The van der Waals surface area contributed by atoms with Gasteiger partial charge in [-0.1, -0.05) is 48.6 Å². The minimum atomic E-state index is -0.103. The average Bonchev–Trinajstić information content (AvgIpc) is 2.58. The van der Waals surface area contributed by atoms with Crippen molar-refractivity contribution in [2.75, 3.05) is 0 Å². The lowest BCUT2D eigenvalue weighted by Crippen LogP contribution is -2.15. The summed E-state index contributed by atoms with van der Waals surface area (Å²) in [6, 6.07) is 10.0. The van der Waals surface area contributed by atoms with Crippen LogP contribution in [0.4, 0.5) is 4.79 Å². The van der Waals surface area contributed by atoms with E-state index in [2.05, 4.69) is 11.4 Å². The number of thioether (sulfide) groups is 1. The summed E-state index contributed by atoms with van der Waals surface area (Å²) < 4.78 is 0. The lowest BCUT2D eigenvalue weighted by molar-refractivity contribution is 0.265. The van der Waals surface area contributed by atoms with Crippen molar-refractivity contribution in [2.45, 2.75) is 6.92 Å². The van der Waals surface area contributed by atoms with E-state index in [1.54, 1.807) is 0 Å². The second kappa shape index (κ2) is 5.29. The average molecular weight is 261 g/mol. The predicted octanol–water partition coefficient (Wildman–Crippen LogP) is 3.76. The van der Waals surface area contributed by atoms with Crippen LogP contribution in [0.15, 0.2) is 46.9 Å². The number of hydrogen-bond donors (Lipinski definition) is 1. The second-order valence-corrected chi connectivity index (χ2v) is 5.07. The van der Waals surface area contributed by atoms with Crippen LogP contribution in [0, 0.1) is 0 Å². The van der Waals surface area contributed by atoms with E-state index in [0.717, 1.165) is 27.8 Å². The van der Waals surface area contributed by atoms with Crippen LogP contribution in [0.1, 0.15) is 12.5 Å². The van der Waals surface area contributed by atoms with Crippen molar-refractivity contribution in [3.05, 3.63) is 52.4 Å². The van der Waals surface area contributed by atoms with Crippen LogP contribution in [0.25, 0.3) is 6.08 Å². The van der Waals surface area contributed by atoms with Gasteiger partial charge in [0.1, 0.15) is 4.99 Å². The van der Waals surface area contributed by atoms with E-state index in [0.29, 0.717) is 4.99 Å². The van der Waals surface area contributed by atoms with E-state index in [1.165, 1.54) is 0 Å². The maximum absolute atomic E-state index is 11.1. The highest BCUT2D eigenvalue weighted by Crippen LogP contribution is 2.25. The molecule has 0 aromatic heterocycles. The zero-order chi connectivity index (χ0) is 12.3. The number of hydrogen-bond acceptors (Lipinski definition) is 3. The Labute approximate surface area is 110 Å². The summed E-state index contributed by atoms with van der Waals surface area (Å²) in [5.74, 6) is 0. The molecule has 0 saturated carbocycles. The number of carbonyl (C=O) groups is 1. The first-order chi connectivity index (χ1) is 8.15. The molecule has 17 heavy (non-hydrogen) atoms. The number of thiocarbonyl (C=S) groups is 1. The third kappa shape index (κ3) is 3.28. The monoisotopic (exact) mass is 261 g/mol. The molecule has 0 aliphatic carbocycles. The molecule has 0 bridgehead atoms. The topological polar surface area (TPSA) is 29.1 Å². The number of nitrogens with one attached hydrogen (secondary N) is 1. The normalized spacial score (nSPS) is 18.6. The van der Waals surface area contributed by atoms with Crippen molar-refractivity contribution in [3.8, 4) is 0 Å². The Morgan fingerprint density at radius 1 is 1.35 bits per heavy atom. The summed E-state index contributed by atoms with van der Waals surface area (Å²) in [7, 11) is 0. The van der Waals surface area contributed by atoms with Gasteiger partial charge in [0.2, 0.25) is 0 Å². The number of amides is 1. The predicted molar refractivity (Wildman–Crippen MR) is 76.9 cm³/mol. The van der Waals surface area contributed by atoms with Crippen LogP contribution in [0.5, 0.6) is 0 Å². The molecule has 1 fully saturated rings. The molecule has 1 heterocycles. The third-order valence-corrected chi connectivity index (χ3v) is 3.48. The molecule has 0 unspecified atom stereocenters. The minimum absolute atomic E-state index is 0.103. The van der Waals surface area contributed by atoms with Gasteiger partial charge in [-0.15, -0.1) is 0 Å². The first-order valence-corrected chi connectivity index (χ1v) is 6.36. The van der Waals surface area contributed by atoms with Crippen molar-refractivity contribution in [2.24, 2.45) is 0 Å². The van der Waals surface area contributed by atoms with Crippen LogP contribution in [-0.4, -0.2) is 10.2 Å². The van der Waals surface area contributed by atoms with Crippen molar-refractivity contribution in [3.63, 3.8) is 0 Å². The Bertz CT molecular complexity index is 517. The van der Waals surface area contributed by atoms with Crippen LogP contribution < -0.4 is 5.32 Å².